The van der Waals surface area contributed by atoms with E-state index >= 15 is 0 Å². The molecule has 0 unspecified atom stereocenters. The van der Waals surface area contributed by atoms with Gasteiger partial charge in [0.15, 0.2) is 0 Å². The second kappa shape index (κ2) is 8.38. The Morgan fingerprint density at radius 1 is 0.964 bits per heavy atom. The van der Waals surface area contributed by atoms with Gasteiger partial charge in [0.05, 0.1) is 13.2 Å². The van der Waals surface area contributed by atoms with Crippen LogP contribution in [0.3, 0.4) is 0 Å². The van der Waals surface area contributed by atoms with Crippen molar-refractivity contribution in [3.8, 4) is 0 Å². The summed E-state index contributed by atoms with van der Waals surface area (Å²) in [6.45, 7) is 6.69. The second-order valence-corrected chi connectivity index (χ2v) is 14.5. The highest BCUT2D eigenvalue weighted by Crippen LogP contribution is 2.64. The lowest BCUT2D eigenvalue weighted by Gasteiger charge is -2.38. The second-order valence-electron chi connectivity index (χ2n) is 8.22. The fraction of sp³-hybridized carbons (Fsp3) is 0.364. The van der Waals surface area contributed by atoms with Crippen LogP contribution in [-0.4, -0.2) is 19.4 Å². The Balaban J connectivity index is 2.06. The van der Waals surface area contributed by atoms with E-state index < -0.39 is 13.6 Å². The van der Waals surface area contributed by atoms with Crippen molar-refractivity contribution in [3.63, 3.8) is 0 Å². The highest BCUT2D eigenvalue weighted by molar-refractivity contribution is 8.12. The van der Waals surface area contributed by atoms with E-state index in [2.05, 4.69) is 13.8 Å². The molecule has 1 saturated heterocycles. The van der Waals surface area contributed by atoms with Gasteiger partial charge in [0.25, 0.3) is 0 Å². The van der Waals surface area contributed by atoms with E-state index in [0.29, 0.717) is 19.4 Å². The van der Waals surface area contributed by atoms with Crippen molar-refractivity contribution >= 4 is 36.0 Å². The zero-order valence-electron chi connectivity index (χ0n) is 16.9. The van der Waals surface area contributed by atoms with Crippen molar-refractivity contribution in [1.29, 1.82) is 0 Å². The van der Waals surface area contributed by atoms with Crippen molar-refractivity contribution in [2.24, 2.45) is 5.41 Å². The van der Waals surface area contributed by atoms with Gasteiger partial charge in [0.1, 0.15) is 7.14 Å². The molecule has 1 aliphatic rings. The number of allylic oxidation sites excluding steroid dienone is 2. The van der Waals surface area contributed by atoms with Gasteiger partial charge in [-0.3, -0.25) is 0 Å². The summed E-state index contributed by atoms with van der Waals surface area (Å²) in [6.07, 6.45) is 0.348. The maximum absolute atomic E-state index is 14.5. The van der Waals surface area contributed by atoms with Gasteiger partial charge >= 0.3 is 0 Å². The Hall–Kier alpha value is -1.02. The zero-order valence-corrected chi connectivity index (χ0v) is 19.5. The first-order valence-corrected chi connectivity index (χ1v) is 14.0. The number of hydrogen-bond acceptors (Lipinski definition) is 4. The lowest BCUT2D eigenvalue weighted by Crippen LogP contribution is -2.30. The van der Waals surface area contributed by atoms with E-state index in [1.165, 1.54) is 0 Å². The highest BCUT2D eigenvalue weighted by atomic mass is 32.5. The van der Waals surface area contributed by atoms with Crippen LogP contribution in [0.25, 0.3) is 0 Å². The molecule has 6 heteroatoms. The molecule has 2 aromatic carbocycles. The molecule has 0 aromatic heterocycles. The summed E-state index contributed by atoms with van der Waals surface area (Å²) in [6, 6.07) is 19.4. The molecule has 0 atom stereocenters. The van der Waals surface area contributed by atoms with Crippen molar-refractivity contribution in [1.82, 2.24) is 0 Å². The molecule has 1 fully saturated rings. The summed E-state index contributed by atoms with van der Waals surface area (Å²) >= 11 is 5.91. The molecule has 0 N–H and O–H groups in total. The monoisotopic (exact) mass is 434 g/mol. The highest BCUT2D eigenvalue weighted by Gasteiger charge is 2.40. The first-order chi connectivity index (χ1) is 13.2. The van der Waals surface area contributed by atoms with E-state index in [1.807, 2.05) is 74.5 Å². The van der Waals surface area contributed by atoms with Crippen molar-refractivity contribution in [2.75, 3.05) is 19.4 Å². The average molecular weight is 434 g/mol. The topological polar surface area (TPSA) is 35.5 Å². The summed E-state index contributed by atoms with van der Waals surface area (Å²) < 4.78 is 26.8. The molecule has 0 saturated carbocycles. The Labute approximate surface area is 173 Å². The maximum Gasteiger partial charge on any atom is 0.215 e. The van der Waals surface area contributed by atoms with Crippen molar-refractivity contribution < 1.29 is 13.6 Å². The molecule has 1 heterocycles. The summed E-state index contributed by atoms with van der Waals surface area (Å²) in [5.41, 5.74) is 0.979. The standard InChI is InChI=1S/C22H28O3P2S/c1-18(2)21(27(28)24-16-22(3,4)17-25-27)15-26(23,19-11-7-5-8-12-19)20-13-9-6-10-14-20/h5-14H,15-17H2,1-4H3. The summed E-state index contributed by atoms with van der Waals surface area (Å²) in [4.78, 5) is 0. The molecule has 0 aliphatic carbocycles. The minimum Gasteiger partial charge on any atom is -0.326 e. The first-order valence-electron chi connectivity index (χ1n) is 9.43. The van der Waals surface area contributed by atoms with Crippen molar-refractivity contribution in [3.05, 3.63) is 71.6 Å². The Kier molecular flexibility index (Phi) is 6.49. The zero-order chi connectivity index (χ0) is 20.4. The smallest absolute Gasteiger partial charge is 0.215 e. The van der Waals surface area contributed by atoms with E-state index in [4.69, 9.17) is 20.9 Å². The molecule has 1 aliphatic heterocycles. The lowest BCUT2D eigenvalue weighted by molar-refractivity contribution is 0.0626. The molecule has 0 spiro atoms. The Bertz CT molecular complexity index is 891. The Morgan fingerprint density at radius 3 is 1.79 bits per heavy atom. The van der Waals surface area contributed by atoms with Crippen LogP contribution >= 0.6 is 13.6 Å². The molecule has 2 aromatic rings. The third-order valence-corrected chi connectivity index (χ3v) is 11.7. The molecule has 0 radical (unpaired) electrons. The number of rotatable bonds is 5. The van der Waals surface area contributed by atoms with Crippen LogP contribution in [0.4, 0.5) is 0 Å². The van der Waals surface area contributed by atoms with E-state index in [0.717, 1.165) is 21.5 Å². The van der Waals surface area contributed by atoms with Gasteiger partial charge in [-0.1, -0.05) is 80.1 Å². The SMILES string of the molecule is CC(C)=C(CP(=O)(c1ccccc1)c1ccccc1)P1(=S)OCC(C)(C)CO1. The van der Waals surface area contributed by atoms with Crippen LogP contribution in [0.1, 0.15) is 27.7 Å². The van der Waals surface area contributed by atoms with E-state index in [1.54, 1.807) is 0 Å². The van der Waals surface area contributed by atoms with Crippen molar-refractivity contribution in [2.45, 2.75) is 27.7 Å². The van der Waals surface area contributed by atoms with Gasteiger partial charge < -0.3 is 13.6 Å². The first kappa shape index (κ1) is 21.7. The molecule has 3 nitrogen and oxygen atoms in total. The molecule has 150 valence electrons. The van der Waals surface area contributed by atoms with Gasteiger partial charge in [-0.15, -0.1) is 0 Å². The third kappa shape index (κ3) is 4.58. The van der Waals surface area contributed by atoms with Crippen LogP contribution in [0.5, 0.6) is 0 Å². The van der Waals surface area contributed by atoms with Gasteiger partial charge in [-0.05, 0) is 25.7 Å². The third-order valence-electron chi connectivity index (χ3n) is 4.88. The summed E-state index contributed by atoms with van der Waals surface area (Å²) in [7, 11) is -2.93. The molecule has 0 bridgehead atoms. The van der Waals surface area contributed by atoms with E-state index in [9.17, 15) is 4.57 Å². The predicted molar refractivity (Wildman–Crippen MR) is 123 cm³/mol. The minimum atomic E-state index is -2.93. The summed E-state index contributed by atoms with van der Waals surface area (Å²) in [5, 5.41) is 2.56. The lowest BCUT2D eigenvalue weighted by atomic mass is 9.97. The van der Waals surface area contributed by atoms with Gasteiger partial charge in [0, 0.05) is 27.5 Å². The van der Waals surface area contributed by atoms with Crippen LogP contribution in [0.2, 0.25) is 0 Å². The van der Waals surface area contributed by atoms with Gasteiger partial charge in [-0.25, -0.2) is 0 Å². The Morgan fingerprint density at radius 2 is 1.39 bits per heavy atom. The molecule has 28 heavy (non-hydrogen) atoms. The van der Waals surface area contributed by atoms with Gasteiger partial charge in [0.2, 0.25) is 6.49 Å². The van der Waals surface area contributed by atoms with Crippen LogP contribution in [-0.2, 0) is 25.4 Å². The summed E-state index contributed by atoms with van der Waals surface area (Å²) in [5.74, 6) is 0. The minimum absolute atomic E-state index is 0.0579. The van der Waals surface area contributed by atoms with Crippen LogP contribution in [0, 0.1) is 5.41 Å². The molecular formula is C22H28O3P2S. The fourth-order valence-electron chi connectivity index (χ4n) is 3.15. The number of benzene rings is 2. The maximum atomic E-state index is 14.5. The molecule has 0 amide bonds. The fourth-order valence-corrected chi connectivity index (χ4v) is 10.5. The van der Waals surface area contributed by atoms with Crippen LogP contribution in [0.15, 0.2) is 71.6 Å². The van der Waals surface area contributed by atoms with Gasteiger partial charge in [-0.2, -0.15) is 0 Å². The molecule has 3 rings (SSSR count). The largest absolute Gasteiger partial charge is 0.326 e. The average Bonchev–Trinajstić information content (AvgIpc) is 2.69. The predicted octanol–water partition coefficient (Wildman–Crippen LogP) is 5.68. The normalized spacial score (nSPS) is 18.4. The number of hydrogen-bond donors (Lipinski definition) is 0. The van der Waals surface area contributed by atoms with E-state index in [-0.39, 0.29) is 5.41 Å². The quantitative estimate of drug-likeness (QED) is 0.568. The molecular weight excluding hydrogens is 406 g/mol. The van der Waals surface area contributed by atoms with Crippen LogP contribution < -0.4 is 10.6 Å².